The average Bonchev–Trinajstić information content (AvgIpc) is 3.39. The number of hydrogen-bond donors (Lipinski definition) is 3. The normalized spacial score (nSPS) is 11.8. The first-order valence-corrected chi connectivity index (χ1v) is 13.7. The first kappa shape index (κ1) is 28.4. The van der Waals surface area contributed by atoms with Crippen LogP contribution in [0.25, 0.3) is 33.1 Å². The predicted octanol–water partition coefficient (Wildman–Crippen LogP) is 4.77. The zero-order valence-corrected chi connectivity index (χ0v) is 23.0. The molecule has 9 nitrogen and oxygen atoms in total. The van der Waals surface area contributed by atoms with E-state index in [4.69, 9.17) is 8.83 Å². The van der Waals surface area contributed by atoms with Crippen molar-refractivity contribution in [2.75, 3.05) is 6.54 Å². The first-order valence-electron chi connectivity index (χ1n) is 13.7. The maximum atomic E-state index is 12.8. The number of furan rings is 1. The number of carboxylic acid groups (broad SMARTS) is 1. The molecule has 0 aliphatic carbocycles. The second-order valence-electron chi connectivity index (χ2n) is 10.1. The van der Waals surface area contributed by atoms with Crippen molar-refractivity contribution in [3.8, 4) is 11.1 Å². The maximum absolute atomic E-state index is 12.8. The number of aliphatic carboxylic acids is 1. The van der Waals surface area contributed by atoms with Crippen LogP contribution >= 0.6 is 0 Å². The Morgan fingerprint density at radius 1 is 0.881 bits per heavy atom. The van der Waals surface area contributed by atoms with Crippen LogP contribution in [0.2, 0.25) is 0 Å². The van der Waals surface area contributed by atoms with Crippen molar-refractivity contribution in [1.82, 2.24) is 10.6 Å². The minimum Gasteiger partial charge on any atom is -0.480 e. The zero-order chi connectivity index (χ0) is 29.6. The second kappa shape index (κ2) is 12.6. The number of hydrogen-bond acceptors (Lipinski definition) is 6. The molecule has 0 aliphatic rings. The van der Waals surface area contributed by atoms with Crippen LogP contribution in [0.1, 0.15) is 29.5 Å². The maximum Gasteiger partial charge on any atom is 0.339 e. The monoisotopic (exact) mass is 566 g/mol. The molecule has 0 saturated heterocycles. The largest absolute Gasteiger partial charge is 0.480 e. The van der Waals surface area contributed by atoms with Crippen LogP contribution in [0, 0.1) is 6.92 Å². The lowest BCUT2D eigenvalue weighted by Gasteiger charge is -2.15. The van der Waals surface area contributed by atoms with Gasteiger partial charge in [-0.1, -0.05) is 60.7 Å². The molecule has 0 spiro atoms. The number of amides is 2. The van der Waals surface area contributed by atoms with E-state index in [9.17, 15) is 24.3 Å². The van der Waals surface area contributed by atoms with E-state index >= 15 is 0 Å². The Kier molecular flexibility index (Phi) is 8.47. The number of benzene rings is 3. The van der Waals surface area contributed by atoms with Crippen LogP contribution in [0.3, 0.4) is 0 Å². The van der Waals surface area contributed by atoms with E-state index < -0.39 is 23.5 Å². The van der Waals surface area contributed by atoms with Crippen LogP contribution in [0.4, 0.5) is 0 Å². The van der Waals surface area contributed by atoms with Crippen molar-refractivity contribution in [3.63, 3.8) is 0 Å². The SMILES string of the molecule is Cc1c(CCC(=O)NCCC(=O)N[C@@H](Cc2ccccc2)C(=O)O)c(=O)oc2cc3occ(-c4ccccc4)c3cc12. The molecule has 42 heavy (non-hydrogen) atoms. The van der Waals surface area contributed by atoms with Crippen molar-refractivity contribution in [2.45, 2.75) is 38.6 Å². The molecule has 2 amide bonds. The third kappa shape index (κ3) is 6.41. The lowest BCUT2D eigenvalue weighted by molar-refractivity contribution is -0.141. The van der Waals surface area contributed by atoms with E-state index in [2.05, 4.69) is 10.6 Å². The van der Waals surface area contributed by atoms with E-state index in [1.807, 2.05) is 49.4 Å². The van der Waals surface area contributed by atoms with Gasteiger partial charge in [0.15, 0.2) is 0 Å². The van der Waals surface area contributed by atoms with E-state index in [-0.39, 0.29) is 38.1 Å². The van der Waals surface area contributed by atoms with Gasteiger partial charge in [-0.25, -0.2) is 9.59 Å². The van der Waals surface area contributed by atoms with Gasteiger partial charge in [-0.3, -0.25) is 9.59 Å². The predicted molar refractivity (Wildman–Crippen MR) is 158 cm³/mol. The van der Waals surface area contributed by atoms with Crippen LogP contribution < -0.4 is 16.3 Å². The highest BCUT2D eigenvalue weighted by Gasteiger charge is 2.21. The second-order valence-corrected chi connectivity index (χ2v) is 10.1. The quantitative estimate of drug-likeness (QED) is 0.196. The average molecular weight is 567 g/mol. The summed E-state index contributed by atoms with van der Waals surface area (Å²) in [5.41, 5.74) is 4.36. The van der Waals surface area contributed by atoms with Gasteiger partial charge in [0, 0.05) is 53.8 Å². The summed E-state index contributed by atoms with van der Waals surface area (Å²) in [6, 6.07) is 21.4. The van der Waals surface area contributed by atoms with Crippen molar-refractivity contribution in [1.29, 1.82) is 0 Å². The summed E-state index contributed by atoms with van der Waals surface area (Å²) in [6.45, 7) is 1.87. The Morgan fingerprint density at radius 3 is 2.31 bits per heavy atom. The van der Waals surface area contributed by atoms with Crippen LogP contribution in [-0.2, 0) is 27.2 Å². The molecule has 3 aromatic carbocycles. The van der Waals surface area contributed by atoms with E-state index in [0.717, 1.165) is 33.0 Å². The molecule has 214 valence electrons. The van der Waals surface area contributed by atoms with Gasteiger partial charge in [0.1, 0.15) is 17.2 Å². The van der Waals surface area contributed by atoms with Crippen molar-refractivity contribution < 1.29 is 28.3 Å². The number of carboxylic acids is 1. The van der Waals surface area contributed by atoms with E-state index in [1.165, 1.54) is 0 Å². The van der Waals surface area contributed by atoms with Crippen LogP contribution in [-0.4, -0.2) is 35.5 Å². The van der Waals surface area contributed by atoms with Crippen LogP contribution in [0.15, 0.2) is 92.7 Å². The van der Waals surface area contributed by atoms with Crippen molar-refractivity contribution >= 4 is 39.7 Å². The third-order valence-electron chi connectivity index (χ3n) is 7.26. The molecule has 0 aliphatic heterocycles. The molecule has 5 aromatic rings. The summed E-state index contributed by atoms with van der Waals surface area (Å²) in [4.78, 5) is 49.2. The molecular weight excluding hydrogens is 536 g/mol. The summed E-state index contributed by atoms with van der Waals surface area (Å²) in [5.74, 6) is -1.95. The van der Waals surface area contributed by atoms with E-state index in [0.29, 0.717) is 16.7 Å². The van der Waals surface area contributed by atoms with Gasteiger partial charge in [-0.15, -0.1) is 0 Å². The lowest BCUT2D eigenvalue weighted by atomic mass is 9.99. The van der Waals surface area contributed by atoms with Gasteiger partial charge in [-0.05, 0) is 36.1 Å². The van der Waals surface area contributed by atoms with Crippen molar-refractivity contribution in [2.24, 2.45) is 0 Å². The number of nitrogens with one attached hydrogen (secondary N) is 2. The summed E-state index contributed by atoms with van der Waals surface area (Å²) < 4.78 is 11.3. The molecule has 2 aromatic heterocycles. The fraction of sp³-hybridized carbons (Fsp3) is 0.212. The number of fused-ring (bicyclic) bond motifs is 2. The van der Waals surface area contributed by atoms with Gasteiger partial charge < -0.3 is 24.6 Å². The fourth-order valence-electron chi connectivity index (χ4n) is 5.00. The molecule has 9 heteroatoms. The highest BCUT2D eigenvalue weighted by Crippen LogP contribution is 2.34. The topological polar surface area (TPSA) is 139 Å². The molecule has 1 atom stereocenters. The Morgan fingerprint density at radius 2 is 1.60 bits per heavy atom. The zero-order valence-electron chi connectivity index (χ0n) is 23.0. The summed E-state index contributed by atoms with van der Waals surface area (Å²) >= 11 is 0. The minimum absolute atomic E-state index is 0.0215. The molecule has 0 saturated carbocycles. The van der Waals surface area contributed by atoms with E-state index in [1.54, 1.807) is 36.6 Å². The summed E-state index contributed by atoms with van der Waals surface area (Å²) in [5, 5.41) is 16.3. The molecular formula is C33H30N2O7. The van der Waals surface area contributed by atoms with Gasteiger partial charge in [0.2, 0.25) is 11.8 Å². The van der Waals surface area contributed by atoms with Gasteiger partial charge in [-0.2, -0.15) is 0 Å². The van der Waals surface area contributed by atoms with Gasteiger partial charge in [0.05, 0.1) is 6.26 Å². The highest BCUT2D eigenvalue weighted by molar-refractivity contribution is 6.02. The number of carbonyl (C=O) groups excluding carboxylic acids is 2. The Labute approximate surface area is 241 Å². The molecule has 3 N–H and O–H groups in total. The fourth-order valence-corrected chi connectivity index (χ4v) is 5.00. The molecule has 2 heterocycles. The number of carbonyl (C=O) groups is 3. The highest BCUT2D eigenvalue weighted by atomic mass is 16.4. The standard InChI is InChI=1S/C33H30N2O7/c1-20-23(12-13-30(36)34-15-14-31(37)35-27(32(38)39)16-21-8-4-2-5-9-21)33(40)42-29-18-28-25(17-24(20)29)26(19-41-28)22-10-6-3-7-11-22/h2-11,17-19,27H,12-16H2,1H3,(H,34,36)(H,35,37)(H,38,39)/t27-/m0/s1. The molecule has 5 rings (SSSR count). The summed E-state index contributed by atoms with van der Waals surface area (Å²) in [7, 11) is 0. The smallest absolute Gasteiger partial charge is 0.339 e. The Hall–Kier alpha value is -5.18. The third-order valence-corrected chi connectivity index (χ3v) is 7.26. The number of aryl methyl sites for hydroxylation is 1. The Bertz CT molecular complexity index is 1810. The Balaban J connectivity index is 1.20. The van der Waals surface area contributed by atoms with Crippen molar-refractivity contribution in [3.05, 3.63) is 106 Å². The molecule has 0 radical (unpaired) electrons. The lowest BCUT2D eigenvalue weighted by Crippen LogP contribution is -2.43. The summed E-state index contributed by atoms with van der Waals surface area (Å²) in [6.07, 6.45) is 1.94. The van der Waals surface area contributed by atoms with Crippen LogP contribution in [0.5, 0.6) is 0 Å². The number of rotatable bonds is 11. The molecule has 0 unspecified atom stereocenters. The minimum atomic E-state index is -1.13. The first-order chi connectivity index (χ1) is 20.3. The molecule has 0 fully saturated rings. The van der Waals surface area contributed by atoms with Gasteiger partial charge >= 0.3 is 11.6 Å². The molecule has 0 bridgehead atoms. The van der Waals surface area contributed by atoms with Gasteiger partial charge in [0.25, 0.3) is 0 Å².